The minimum absolute atomic E-state index is 0.0133. The fourth-order valence-electron chi connectivity index (χ4n) is 3.89. The molecule has 0 spiro atoms. The number of pyridine rings is 1. The van der Waals surface area contributed by atoms with Gasteiger partial charge in [-0.3, -0.25) is 4.98 Å². The van der Waals surface area contributed by atoms with Crippen LogP contribution in [0.5, 0.6) is 0 Å². The molecule has 2 aromatic rings. The molecule has 0 saturated carbocycles. The molecule has 1 fully saturated rings. The van der Waals surface area contributed by atoms with Gasteiger partial charge in [0.25, 0.3) is 0 Å². The van der Waals surface area contributed by atoms with Crippen LogP contribution < -0.4 is 5.32 Å². The van der Waals surface area contributed by atoms with E-state index in [4.69, 9.17) is 0 Å². The van der Waals surface area contributed by atoms with E-state index in [9.17, 15) is 22.4 Å². The summed E-state index contributed by atoms with van der Waals surface area (Å²) in [6.45, 7) is 5.74. The number of aryl methyl sites for hydroxylation is 1. The van der Waals surface area contributed by atoms with Crippen molar-refractivity contribution in [1.82, 2.24) is 9.88 Å². The predicted molar refractivity (Wildman–Crippen MR) is 115 cm³/mol. The Morgan fingerprint density at radius 2 is 2.06 bits per heavy atom. The van der Waals surface area contributed by atoms with Crippen LogP contribution in [-0.2, 0) is 11.2 Å². The van der Waals surface area contributed by atoms with Crippen molar-refractivity contribution in [2.24, 2.45) is 0 Å². The van der Waals surface area contributed by atoms with Gasteiger partial charge < -0.3 is 15.0 Å². The summed E-state index contributed by atoms with van der Waals surface area (Å²) >= 11 is 0. The zero-order valence-corrected chi connectivity index (χ0v) is 17.7. The van der Waals surface area contributed by atoms with Crippen LogP contribution in [-0.4, -0.2) is 54.2 Å². The van der Waals surface area contributed by atoms with Gasteiger partial charge in [-0.05, 0) is 45.4 Å². The number of nitrogens with one attached hydrogen (secondary N) is 1. The lowest BCUT2D eigenvalue weighted by molar-refractivity contribution is -0.117. The van der Waals surface area contributed by atoms with E-state index in [0.29, 0.717) is 54.4 Å². The van der Waals surface area contributed by atoms with E-state index in [0.717, 1.165) is 6.54 Å². The summed E-state index contributed by atoms with van der Waals surface area (Å²) in [5, 5.41) is 4.06. The Kier molecular flexibility index (Phi) is 6.99. The molecular weight excluding hydrogens is 410 g/mol. The number of piperidine rings is 1. The molecule has 1 aromatic heterocycles. The molecule has 1 aromatic carbocycles. The number of nitrogens with zero attached hydrogens (tertiary/aromatic N) is 2. The highest BCUT2D eigenvalue weighted by Gasteiger charge is 2.35. The number of rotatable bonds is 7. The number of hydrogen-bond donors (Lipinski definition) is 1. The third-order valence-electron chi connectivity index (χ3n) is 5.60. The van der Waals surface area contributed by atoms with Gasteiger partial charge in [-0.25, -0.2) is 4.39 Å². The normalized spacial score (nSPS) is 20.1. The minimum Gasteiger partial charge on any atom is -0.379 e. The lowest BCUT2D eigenvalue weighted by Gasteiger charge is -2.33. The van der Waals surface area contributed by atoms with Gasteiger partial charge in [0, 0.05) is 41.7 Å². The van der Waals surface area contributed by atoms with Crippen molar-refractivity contribution in [2.75, 3.05) is 25.5 Å². The molecule has 4 nitrogen and oxygen atoms in total. The molecule has 1 N–H and O–H groups in total. The van der Waals surface area contributed by atoms with Gasteiger partial charge in [-0.1, -0.05) is 18.7 Å². The fourth-order valence-corrected chi connectivity index (χ4v) is 3.89. The summed E-state index contributed by atoms with van der Waals surface area (Å²) in [7, 11) is 1.86. The van der Waals surface area contributed by atoms with Gasteiger partial charge in [0.15, 0.2) is 0 Å². The van der Waals surface area contributed by atoms with E-state index in [1.807, 2.05) is 11.9 Å². The number of benzene rings is 1. The van der Waals surface area contributed by atoms with Crippen LogP contribution in [0.3, 0.4) is 0 Å². The van der Waals surface area contributed by atoms with Gasteiger partial charge in [-0.15, -0.1) is 0 Å². The van der Waals surface area contributed by atoms with E-state index in [2.05, 4.69) is 16.9 Å². The summed E-state index contributed by atoms with van der Waals surface area (Å²) in [6.07, 6.45) is -3.94. The maximum atomic E-state index is 14.6. The van der Waals surface area contributed by atoms with Crippen molar-refractivity contribution in [2.45, 2.75) is 51.0 Å². The number of ketones is 1. The van der Waals surface area contributed by atoms with Gasteiger partial charge >= 0.3 is 6.18 Å². The Hall–Kier alpha value is -2.48. The van der Waals surface area contributed by atoms with Gasteiger partial charge in [0.2, 0.25) is 0 Å². The maximum absolute atomic E-state index is 14.6. The minimum atomic E-state index is -4.63. The first-order chi connectivity index (χ1) is 14.6. The van der Waals surface area contributed by atoms with Crippen molar-refractivity contribution in [3.63, 3.8) is 0 Å². The number of alkyl halides is 4. The van der Waals surface area contributed by atoms with E-state index in [1.54, 1.807) is 24.3 Å². The number of hydrogen-bond acceptors (Lipinski definition) is 4. The van der Waals surface area contributed by atoms with Crippen LogP contribution in [0.1, 0.15) is 37.6 Å². The van der Waals surface area contributed by atoms with Gasteiger partial charge in [0.05, 0.1) is 17.3 Å². The van der Waals surface area contributed by atoms with E-state index in [-0.39, 0.29) is 11.5 Å². The van der Waals surface area contributed by atoms with Crippen molar-refractivity contribution in [1.29, 1.82) is 0 Å². The topological polar surface area (TPSA) is 45.2 Å². The zero-order chi connectivity index (χ0) is 22.8. The Morgan fingerprint density at radius 1 is 1.32 bits per heavy atom. The lowest BCUT2D eigenvalue weighted by Crippen LogP contribution is -2.46. The number of fused-ring (bicyclic) bond motifs is 1. The number of carbonyl (C=O) groups excluding carboxylic acids is 1. The van der Waals surface area contributed by atoms with E-state index < -0.39 is 24.0 Å². The standard InChI is InChI=1S/C23H27F4N3O/c1-14(31)6-4-7-16-12-18-17(22(28-16)15(2)23(25,26)27)8-5-9-20(18)29-21-10-11-30(3)13-19(21)24/h5,8-9,12,19,21,29H,2,4,6-7,10-11,13H2,1,3H3. The second-order valence-corrected chi connectivity index (χ2v) is 8.21. The molecule has 2 unspecified atom stereocenters. The van der Waals surface area contributed by atoms with Crippen molar-refractivity contribution in [3.05, 3.63) is 42.2 Å². The molecule has 168 valence electrons. The molecule has 0 bridgehead atoms. The first-order valence-electron chi connectivity index (χ1n) is 10.3. The molecular formula is C23H27F4N3O. The summed E-state index contributed by atoms with van der Waals surface area (Å²) in [5.41, 5.74) is -0.234. The fraction of sp³-hybridized carbons (Fsp3) is 0.478. The lowest BCUT2D eigenvalue weighted by atomic mass is 9.98. The highest BCUT2D eigenvalue weighted by molar-refractivity contribution is 6.00. The smallest absolute Gasteiger partial charge is 0.379 e. The number of likely N-dealkylation sites (tertiary alicyclic amines) is 1. The monoisotopic (exact) mass is 437 g/mol. The SMILES string of the molecule is C=C(c1nc(CCCC(C)=O)cc2c(NC3CCN(C)CC3F)cccc12)C(F)(F)F. The summed E-state index contributed by atoms with van der Waals surface area (Å²) < 4.78 is 54.9. The van der Waals surface area contributed by atoms with Crippen molar-refractivity contribution >= 4 is 27.8 Å². The number of carbonyl (C=O) groups is 1. The van der Waals surface area contributed by atoms with Gasteiger partial charge in [0.1, 0.15) is 12.0 Å². The predicted octanol–water partition coefficient (Wildman–Crippen LogP) is 5.18. The number of allylic oxidation sites excluding steroid dienone is 1. The molecule has 0 radical (unpaired) electrons. The molecule has 8 heteroatoms. The quantitative estimate of drug-likeness (QED) is 0.607. The van der Waals surface area contributed by atoms with Crippen LogP contribution in [0.4, 0.5) is 23.2 Å². The highest BCUT2D eigenvalue weighted by Crippen LogP contribution is 2.37. The third kappa shape index (κ3) is 5.61. The molecule has 1 aliphatic rings. The van der Waals surface area contributed by atoms with Gasteiger partial charge in [-0.2, -0.15) is 13.2 Å². The molecule has 2 atom stereocenters. The average Bonchev–Trinajstić information content (AvgIpc) is 2.68. The van der Waals surface area contributed by atoms with Crippen LogP contribution in [0.15, 0.2) is 30.8 Å². The molecule has 0 aliphatic carbocycles. The second-order valence-electron chi connectivity index (χ2n) is 8.21. The van der Waals surface area contributed by atoms with Crippen molar-refractivity contribution < 1.29 is 22.4 Å². The first-order valence-corrected chi connectivity index (χ1v) is 10.3. The van der Waals surface area contributed by atoms with Crippen LogP contribution in [0, 0.1) is 0 Å². The Labute approximate surface area is 179 Å². The maximum Gasteiger partial charge on any atom is 0.417 e. The number of aromatic nitrogens is 1. The van der Waals surface area contributed by atoms with Crippen LogP contribution in [0.2, 0.25) is 0 Å². The summed E-state index contributed by atoms with van der Waals surface area (Å²) in [4.78, 5) is 17.4. The average molecular weight is 437 g/mol. The Bertz CT molecular complexity index is 973. The van der Waals surface area contributed by atoms with Crippen molar-refractivity contribution in [3.8, 4) is 0 Å². The second kappa shape index (κ2) is 9.34. The molecule has 2 heterocycles. The molecule has 3 rings (SSSR count). The van der Waals surface area contributed by atoms with Crippen LogP contribution >= 0.6 is 0 Å². The number of anilines is 1. The zero-order valence-electron chi connectivity index (χ0n) is 17.7. The Balaban J connectivity index is 2.03. The highest BCUT2D eigenvalue weighted by atomic mass is 19.4. The Morgan fingerprint density at radius 3 is 2.71 bits per heavy atom. The largest absolute Gasteiger partial charge is 0.417 e. The molecule has 1 saturated heterocycles. The molecule has 31 heavy (non-hydrogen) atoms. The molecule has 1 aliphatic heterocycles. The van der Waals surface area contributed by atoms with E-state index in [1.165, 1.54) is 6.92 Å². The number of Topliss-reactive ketones (excluding diaryl/α,β-unsaturated/α-hetero) is 1. The summed E-state index contributed by atoms with van der Waals surface area (Å²) in [6, 6.07) is 6.25. The summed E-state index contributed by atoms with van der Waals surface area (Å²) in [5.74, 6) is 0.0133. The van der Waals surface area contributed by atoms with E-state index >= 15 is 0 Å². The first kappa shape index (κ1) is 23.2. The number of halogens is 4. The van der Waals surface area contributed by atoms with Crippen LogP contribution in [0.25, 0.3) is 16.3 Å². The molecule has 0 amide bonds. The third-order valence-corrected chi connectivity index (χ3v) is 5.60.